The lowest BCUT2D eigenvalue weighted by atomic mass is 9.98. The van der Waals surface area contributed by atoms with E-state index in [1.165, 1.54) is 14.2 Å². The van der Waals surface area contributed by atoms with E-state index in [0.29, 0.717) is 0 Å². The molecule has 1 aromatic rings. The summed E-state index contributed by atoms with van der Waals surface area (Å²) in [4.78, 5) is 15.9. The van der Waals surface area contributed by atoms with Gasteiger partial charge in [0.2, 0.25) is 0 Å². The maximum Gasteiger partial charge on any atom is 0.300 e. The Balaban J connectivity index is 2.31. The third kappa shape index (κ3) is 3.27. The number of ether oxygens (including phenoxy) is 2. The van der Waals surface area contributed by atoms with E-state index in [2.05, 4.69) is 10.3 Å². The molecule has 0 aromatic carbocycles. The molecule has 1 aliphatic rings. The maximum atomic E-state index is 12.0. The van der Waals surface area contributed by atoms with E-state index in [-0.39, 0.29) is 16.9 Å². The molecule has 23 heavy (non-hydrogen) atoms. The molecule has 130 valence electrons. The lowest BCUT2D eigenvalue weighted by Gasteiger charge is -2.40. The molecule has 1 aromatic heterocycles. The topological polar surface area (TPSA) is 146 Å². The summed E-state index contributed by atoms with van der Waals surface area (Å²) < 4.78 is 11.3. The fourth-order valence-corrected chi connectivity index (χ4v) is 2.41. The average Bonchev–Trinajstić information content (AvgIpc) is 2.55. The van der Waals surface area contributed by atoms with Gasteiger partial charge in [0, 0.05) is 7.05 Å². The van der Waals surface area contributed by atoms with E-state index in [1.54, 1.807) is 0 Å². The third-order valence-electron chi connectivity index (χ3n) is 3.55. The van der Waals surface area contributed by atoms with Crippen LogP contribution in [0.1, 0.15) is 0 Å². The standard InChI is InChI=1S/C12H18ClN3O7/c1-16-11(21)5(13)9(15-12(16)22-2)14-10-8(20)7(19)6(18)4(3-17)23-10/h4,6-8,10,14,17-20H,3H2,1-2H3/t4-,6+,7+,8+,10-/m0/s1. The van der Waals surface area contributed by atoms with Crippen molar-refractivity contribution in [1.82, 2.24) is 9.55 Å². The van der Waals surface area contributed by atoms with Crippen molar-refractivity contribution in [1.29, 1.82) is 0 Å². The summed E-state index contributed by atoms with van der Waals surface area (Å²) >= 11 is 5.92. The van der Waals surface area contributed by atoms with Gasteiger partial charge in [0.25, 0.3) is 5.56 Å². The first kappa shape index (κ1) is 17.9. The first-order chi connectivity index (χ1) is 10.8. The van der Waals surface area contributed by atoms with Crippen molar-refractivity contribution < 1.29 is 29.9 Å². The van der Waals surface area contributed by atoms with Gasteiger partial charge in [-0.25, -0.2) is 0 Å². The number of aliphatic hydroxyl groups is 4. The Hall–Kier alpha value is -1.43. The van der Waals surface area contributed by atoms with Crippen molar-refractivity contribution in [3.05, 3.63) is 15.4 Å². The van der Waals surface area contributed by atoms with Crippen LogP contribution in [-0.2, 0) is 11.8 Å². The first-order valence-electron chi connectivity index (χ1n) is 6.69. The monoisotopic (exact) mass is 351 g/mol. The molecule has 0 unspecified atom stereocenters. The Morgan fingerprint density at radius 3 is 2.57 bits per heavy atom. The van der Waals surface area contributed by atoms with Crippen LogP contribution >= 0.6 is 11.6 Å². The van der Waals surface area contributed by atoms with Crippen LogP contribution in [0.25, 0.3) is 0 Å². The van der Waals surface area contributed by atoms with Crippen molar-refractivity contribution in [3.8, 4) is 6.01 Å². The van der Waals surface area contributed by atoms with Crippen molar-refractivity contribution in [2.75, 3.05) is 19.0 Å². The van der Waals surface area contributed by atoms with Crippen LogP contribution in [-0.4, -0.2) is 74.3 Å². The number of methoxy groups -OCH3 is 1. The number of hydrogen-bond donors (Lipinski definition) is 5. The molecule has 5 atom stereocenters. The van der Waals surface area contributed by atoms with Gasteiger partial charge in [-0.05, 0) is 0 Å². The second-order valence-corrected chi connectivity index (χ2v) is 5.40. The Morgan fingerprint density at radius 2 is 2.00 bits per heavy atom. The predicted octanol–water partition coefficient (Wildman–Crippen LogP) is -2.35. The fraction of sp³-hybridized carbons (Fsp3) is 0.667. The molecule has 0 saturated carbocycles. The number of hydrogen-bond acceptors (Lipinski definition) is 9. The molecular weight excluding hydrogens is 334 g/mol. The minimum Gasteiger partial charge on any atom is -0.468 e. The molecule has 1 saturated heterocycles. The van der Waals surface area contributed by atoms with Gasteiger partial charge < -0.3 is 35.2 Å². The minimum atomic E-state index is -1.56. The first-order valence-corrected chi connectivity index (χ1v) is 7.07. The summed E-state index contributed by atoms with van der Waals surface area (Å²) in [6.07, 6.45) is -6.95. The lowest BCUT2D eigenvalue weighted by molar-refractivity contribution is -0.221. The highest BCUT2D eigenvalue weighted by molar-refractivity contribution is 6.32. The average molecular weight is 352 g/mol. The second-order valence-electron chi connectivity index (χ2n) is 5.02. The smallest absolute Gasteiger partial charge is 0.300 e. The number of nitrogens with zero attached hydrogens (tertiary/aromatic N) is 2. The number of aromatic nitrogens is 2. The normalized spacial score (nSPS) is 31.0. The summed E-state index contributed by atoms with van der Waals surface area (Å²) in [6, 6.07) is -0.0357. The Morgan fingerprint density at radius 1 is 1.35 bits per heavy atom. The number of halogens is 1. The van der Waals surface area contributed by atoms with E-state index >= 15 is 0 Å². The van der Waals surface area contributed by atoms with E-state index in [4.69, 9.17) is 26.2 Å². The molecule has 11 heteroatoms. The Kier molecular flexibility index (Phi) is 5.45. The molecule has 2 heterocycles. The van der Waals surface area contributed by atoms with Gasteiger partial charge in [0.05, 0.1) is 13.7 Å². The van der Waals surface area contributed by atoms with E-state index < -0.39 is 42.8 Å². The van der Waals surface area contributed by atoms with Crippen molar-refractivity contribution in [3.63, 3.8) is 0 Å². The van der Waals surface area contributed by atoms with Crippen LogP contribution < -0.4 is 15.6 Å². The second kappa shape index (κ2) is 6.99. The van der Waals surface area contributed by atoms with Crippen molar-refractivity contribution in [2.24, 2.45) is 7.05 Å². The molecule has 0 radical (unpaired) electrons. The molecule has 0 amide bonds. The summed E-state index contributed by atoms with van der Waals surface area (Å²) in [5, 5.41) is 40.9. The van der Waals surface area contributed by atoms with Crippen LogP contribution in [0.4, 0.5) is 5.82 Å². The maximum absolute atomic E-state index is 12.0. The number of nitrogens with one attached hydrogen (secondary N) is 1. The van der Waals surface area contributed by atoms with Gasteiger partial charge in [0.15, 0.2) is 12.0 Å². The highest BCUT2D eigenvalue weighted by Crippen LogP contribution is 2.25. The molecule has 0 bridgehead atoms. The molecule has 0 spiro atoms. The van der Waals surface area contributed by atoms with E-state index in [1.807, 2.05) is 0 Å². The van der Waals surface area contributed by atoms with Gasteiger partial charge in [-0.2, -0.15) is 4.98 Å². The number of rotatable bonds is 4. The van der Waals surface area contributed by atoms with Crippen LogP contribution in [0, 0.1) is 0 Å². The van der Waals surface area contributed by atoms with Crippen molar-refractivity contribution in [2.45, 2.75) is 30.6 Å². The van der Waals surface area contributed by atoms with Crippen molar-refractivity contribution >= 4 is 17.4 Å². The number of aliphatic hydroxyl groups excluding tert-OH is 4. The van der Waals surface area contributed by atoms with Crippen LogP contribution in [0.15, 0.2) is 4.79 Å². The zero-order valence-corrected chi connectivity index (χ0v) is 13.1. The fourth-order valence-electron chi connectivity index (χ4n) is 2.19. The molecule has 0 aliphatic carbocycles. The summed E-state index contributed by atoms with van der Waals surface area (Å²) in [5.41, 5.74) is -0.592. The molecule has 2 rings (SSSR count). The van der Waals surface area contributed by atoms with Gasteiger partial charge in [0.1, 0.15) is 29.4 Å². The third-order valence-corrected chi connectivity index (χ3v) is 3.89. The van der Waals surface area contributed by atoms with Gasteiger partial charge >= 0.3 is 6.01 Å². The lowest BCUT2D eigenvalue weighted by Crippen LogP contribution is -2.60. The van der Waals surface area contributed by atoms with Crippen LogP contribution in [0.2, 0.25) is 5.02 Å². The van der Waals surface area contributed by atoms with Crippen LogP contribution in [0.3, 0.4) is 0 Å². The molecule has 1 fully saturated rings. The number of anilines is 1. The van der Waals surface area contributed by atoms with Crippen LogP contribution in [0.5, 0.6) is 6.01 Å². The SMILES string of the molecule is COc1nc(N[C@H]2O[C@@H](CO)[C@@H](O)[C@@H](O)[C@H]2O)c(Cl)c(=O)n1C. The summed E-state index contributed by atoms with van der Waals surface area (Å²) in [5.74, 6) is -0.129. The molecular formula is C12H18ClN3O7. The molecule has 10 nitrogen and oxygen atoms in total. The summed E-state index contributed by atoms with van der Waals surface area (Å²) in [6.45, 7) is -0.579. The van der Waals surface area contributed by atoms with Gasteiger partial charge in [-0.15, -0.1) is 0 Å². The molecule has 5 N–H and O–H groups in total. The predicted molar refractivity (Wildman–Crippen MR) is 78.4 cm³/mol. The van der Waals surface area contributed by atoms with E-state index in [9.17, 15) is 20.1 Å². The van der Waals surface area contributed by atoms with Gasteiger partial charge in [-0.3, -0.25) is 9.36 Å². The quantitative estimate of drug-likeness (QED) is 0.402. The highest BCUT2D eigenvalue weighted by atomic mass is 35.5. The zero-order valence-electron chi connectivity index (χ0n) is 12.4. The zero-order chi connectivity index (χ0) is 17.3. The highest BCUT2D eigenvalue weighted by Gasteiger charge is 2.43. The largest absolute Gasteiger partial charge is 0.468 e. The minimum absolute atomic E-state index is 0.0357. The summed E-state index contributed by atoms with van der Waals surface area (Å²) in [7, 11) is 2.73. The van der Waals surface area contributed by atoms with E-state index in [0.717, 1.165) is 4.57 Å². The Labute approximate surface area is 135 Å². The molecule has 1 aliphatic heterocycles. The Bertz CT molecular complexity index is 623. The van der Waals surface area contributed by atoms with Gasteiger partial charge in [-0.1, -0.05) is 11.6 Å².